The molecule has 2 amide bonds. The van der Waals surface area contributed by atoms with Crippen molar-refractivity contribution < 1.29 is 18.4 Å². The van der Waals surface area contributed by atoms with Crippen LogP contribution in [0.4, 0.5) is 5.88 Å². The molecular formula is C12H12N2O4. The molecule has 0 atom stereocenters. The summed E-state index contributed by atoms with van der Waals surface area (Å²) in [7, 11) is 0. The molecule has 2 rings (SSSR count). The van der Waals surface area contributed by atoms with E-state index in [9.17, 15) is 9.59 Å². The summed E-state index contributed by atoms with van der Waals surface area (Å²) in [5, 5.41) is 5.07. The zero-order valence-corrected chi connectivity index (χ0v) is 9.73. The first-order valence-corrected chi connectivity index (χ1v) is 5.33. The second kappa shape index (κ2) is 5.22. The van der Waals surface area contributed by atoms with Gasteiger partial charge in [0.15, 0.2) is 11.6 Å². The first-order chi connectivity index (χ1) is 8.65. The fourth-order valence-electron chi connectivity index (χ4n) is 1.37. The van der Waals surface area contributed by atoms with Crippen molar-refractivity contribution in [2.45, 2.75) is 13.5 Å². The van der Waals surface area contributed by atoms with Crippen molar-refractivity contribution in [1.29, 1.82) is 0 Å². The van der Waals surface area contributed by atoms with Gasteiger partial charge in [0.05, 0.1) is 12.8 Å². The number of amides is 2. The second-order valence-electron chi connectivity index (χ2n) is 3.61. The minimum Gasteiger partial charge on any atom is -0.467 e. The molecule has 6 nitrogen and oxygen atoms in total. The van der Waals surface area contributed by atoms with Crippen molar-refractivity contribution in [1.82, 2.24) is 5.32 Å². The average molecular weight is 248 g/mol. The van der Waals surface area contributed by atoms with Crippen molar-refractivity contribution in [2.24, 2.45) is 0 Å². The molecule has 6 heteroatoms. The van der Waals surface area contributed by atoms with Gasteiger partial charge in [-0.05, 0) is 18.2 Å². The maximum absolute atomic E-state index is 11.7. The molecule has 0 aliphatic carbocycles. The quantitative estimate of drug-likeness (QED) is 0.863. The molecular weight excluding hydrogens is 236 g/mol. The Morgan fingerprint density at radius 2 is 2.11 bits per heavy atom. The Hall–Kier alpha value is -2.50. The summed E-state index contributed by atoms with van der Waals surface area (Å²) in [6.07, 6.45) is 1.53. The number of furan rings is 2. The van der Waals surface area contributed by atoms with Crippen LogP contribution in [0.25, 0.3) is 0 Å². The number of rotatable bonds is 4. The number of anilines is 1. The summed E-state index contributed by atoms with van der Waals surface area (Å²) in [5.41, 5.74) is 0. The van der Waals surface area contributed by atoms with Crippen LogP contribution in [-0.4, -0.2) is 11.8 Å². The van der Waals surface area contributed by atoms with Crippen molar-refractivity contribution in [3.05, 3.63) is 42.0 Å². The standard InChI is InChI=1S/C12H12N2O4/c1-8(15)14-11-5-4-10(18-11)12(16)13-7-9-3-2-6-17-9/h2-6H,7H2,1H3,(H,13,16)(H,14,15). The third kappa shape index (κ3) is 3.00. The molecule has 0 bridgehead atoms. The Balaban J connectivity index is 1.92. The average Bonchev–Trinajstić information content (AvgIpc) is 2.95. The molecule has 94 valence electrons. The van der Waals surface area contributed by atoms with Gasteiger partial charge in [0.1, 0.15) is 5.76 Å². The van der Waals surface area contributed by atoms with E-state index in [0.29, 0.717) is 5.76 Å². The molecule has 2 aromatic heterocycles. The highest BCUT2D eigenvalue weighted by Crippen LogP contribution is 2.13. The SMILES string of the molecule is CC(=O)Nc1ccc(C(=O)NCc2ccco2)o1. The van der Waals surface area contributed by atoms with E-state index in [1.54, 1.807) is 12.1 Å². The van der Waals surface area contributed by atoms with Crippen LogP contribution in [0.1, 0.15) is 23.2 Å². The third-order valence-electron chi connectivity index (χ3n) is 2.13. The summed E-state index contributed by atoms with van der Waals surface area (Å²) in [5.74, 6) is 0.392. The van der Waals surface area contributed by atoms with Gasteiger partial charge in [-0.15, -0.1) is 0 Å². The molecule has 0 aliphatic rings. The van der Waals surface area contributed by atoms with Crippen molar-refractivity contribution in [3.8, 4) is 0 Å². The second-order valence-corrected chi connectivity index (χ2v) is 3.61. The molecule has 0 aromatic carbocycles. The fourth-order valence-corrected chi connectivity index (χ4v) is 1.37. The van der Waals surface area contributed by atoms with E-state index in [-0.39, 0.29) is 30.0 Å². The summed E-state index contributed by atoms with van der Waals surface area (Å²) in [6, 6.07) is 6.50. The molecule has 0 saturated heterocycles. The number of carbonyl (C=O) groups is 2. The summed E-state index contributed by atoms with van der Waals surface area (Å²) < 4.78 is 10.2. The Kier molecular flexibility index (Phi) is 3.47. The molecule has 2 N–H and O–H groups in total. The minimum atomic E-state index is -0.372. The van der Waals surface area contributed by atoms with E-state index >= 15 is 0 Å². The Bertz CT molecular complexity index is 542. The largest absolute Gasteiger partial charge is 0.467 e. The highest BCUT2D eigenvalue weighted by atomic mass is 16.4. The molecule has 0 aliphatic heterocycles. The van der Waals surface area contributed by atoms with Gasteiger partial charge in [0.25, 0.3) is 5.91 Å². The van der Waals surface area contributed by atoms with Crippen LogP contribution in [0.3, 0.4) is 0 Å². The molecule has 2 heterocycles. The molecule has 2 aromatic rings. The number of carbonyl (C=O) groups excluding carboxylic acids is 2. The molecule has 0 fully saturated rings. The monoisotopic (exact) mass is 248 g/mol. The van der Waals surface area contributed by atoms with E-state index in [4.69, 9.17) is 8.83 Å². The van der Waals surface area contributed by atoms with Crippen LogP contribution >= 0.6 is 0 Å². The van der Waals surface area contributed by atoms with Gasteiger partial charge in [-0.1, -0.05) is 0 Å². The van der Waals surface area contributed by atoms with Crippen molar-refractivity contribution >= 4 is 17.7 Å². The Morgan fingerprint density at radius 3 is 2.78 bits per heavy atom. The zero-order valence-electron chi connectivity index (χ0n) is 9.73. The molecule has 0 saturated carbocycles. The predicted octanol–water partition coefficient (Wildman–Crippen LogP) is 1.76. The normalized spacial score (nSPS) is 10.1. The summed E-state index contributed by atoms with van der Waals surface area (Å²) in [4.78, 5) is 22.5. The van der Waals surface area contributed by atoms with Crippen LogP contribution in [0.15, 0.2) is 39.4 Å². The topological polar surface area (TPSA) is 84.5 Å². The van der Waals surface area contributed by atoms with E-state index in [1.165, 1.54) is 25.3 Å². The van der Waals surface area contributed by atoms with E-state index in [0.717, 1.165) is 0 Å². The van der Waals surface area contributed by atoms with E-state index in [1.807, 2.05) is 0 Å². The van der Waals surface area contributed by atoms with Crippen LogP contribution in [0, 0.1) is 0 Å². The lowest BCUT2D eigenvalue weighted by atomic mass is 10.4. The lowest BCUT2D eigenvalue weighted by Gasteiger charge is -2.00. The fraction of sp³-hybridized carbons (Fsp3) is 0.167. The summed E-state index contributed by atoms with van der Waals surface area (Å²) >= 11 is 0. The van der Waals surface area contributed by atoms with Gasteiger partial charge in [0.2, 0.25) is 5.91 Å². The first-order valence-electron chi connectivity index (χ1n) is 5.33. The maximum atomic E-state index is 11.7. The Morgan fingerprint density at radius 1 is 1.28 bits per heavy atom. The van der Waals surface area contributed by atoms with E-state index < -0.39 is 0 Å². The van der Waals surface area contributed by atoms with Gasteiger partial charge < -0.3 is 14.2 Å². The molecule has 0 radical (unpaired) electrons. The molecule has 0 unspecified atom stereocenters. The van der Waals surface area contributed by atoms with Gasteiger partial charge in [-0.25, -0.2) is 0 Å². The number of hydrogen-bond acceptors (Lipinski definition) is 4. The Labute approximate surface area is 103 Å². The zero-order chi connectivity index (χ0) is 13.0. The van der Waals surface area contributed by atoms with Crippen molar-refractivity contribution in [3.63, 3.8) is 0 Å². The lowest BCUT2D eigenvalue weighted by molar-refractivity contribution is -0.114. The smallest absolute Gasteiger partial charge is 0.287 e. The van der Waals surface area contributed by atoms with Crippen LogP contribution < -0.4 is 10.6 Å². The van der Waals surface area contributed by atoms with Gasteiger partial charge >= 0.3 is 0 Å². The lowest BCUT2D eigenvalue weighted by Crippen LogP contribution is -2.21. The van der Waals surface area contributed by atoms with Crippen LogP contribution in [-0.2, 0) is 11.3 Å². The first kappa shape index (κ1) is 12.0. The molecule has 18 heavy (non-hydrogen) atoms. The third-order valence-corrected chi connectivity index (χ3v) is 2.13. The minimum absolute atomic E-state index is 0.130. The summed E-state index contributed by atoms with van der Waals surface area (Å²) in [6.45, 7) is 1.64. The van der Waals surface area contributed by atoms with E-state index in [2.05, 4.69) is 10.6 Å². The van der Waals surface area contributed by atoms with Crippen LogP contribution in [0.5, 0.6) is 0 Å². The number of hydrogen-bond donors (Lipinski definition) is 2. The number of nitrogens with one attached hydrogen (secondary N) is 2. The van der Waals surface area contributed by atoms with Gasteiger partial charge in [-0.3, -0.25) is 14.9 Å². The molecule has 0 spiro atoms. The predicted molar refractivity (Wildman–Crippen MR) is 62.9 cm³/mol. The van der Waals surface area contributed by atoms with Gasteiger partial charge in [-0.2, -0.15) is 0 Å². The maximum Gasteiger partial charge on any atom is 0.287 e. The van der Waals surface area contributed by atoms with Gasteiger partial charge in [0, 0.05) is 13.0 Å². The van der Waals surface area contributed by atoms with Crippen molar-refractivity contribution in [2.75, 3.05) is 5.32 Å². The highest BCUT2D eigenvalue weighted by molar-refractivity contribution is 5.93. The highest BCUT2D eigenvalue weighted by Gasteiger charge is 2.11. The van der Waals surface area contributed by atoms with Crippen LogP contribution in [0.2, 0.25) is 0 Å².